The Morgan fingerprint density at radius 1 is 1.16 bits per heavy atom. The van der Waals surface area contributed by atoms with Crippen molar-refractivity contribution in [1.82, 2.24) is 15.0 Å². The number of hydrogen-bond acceptors (Lipinski definition) is 6. The van der Waals surface area contributed by atoms with E-state index in [0.717, 1.165) is 5.56 Å². The van der Waals surface area contributed by atoms with Crippen LogP contribution in [0.1, 0.15) is 17.9 Å². The van der Waals surface area contributed by atoms with Crippen LogP contribution in [0.3, 0.4) is 0 Å². The molecule has 1 aromatic heterocycles. The minimum Gasteiger partial charge on any atom is -0.367 e. The number of carbonyl (C=O) groups excluding carboxylic acids is 1. The lowest BCUT2D eigenvalue weighted by Crippen LogP contribution is -2.49. The Labute approximate surface area is 183 Å². The Balaban J connectivity index is 1.31. The van der Waals surface area contributed by atoms with Crippen molar-refractivity contribution in [2.75, 3.05) is 31.1 Å². The molecular weight excluding hydrogens is 421 g/mol. The highest BCUT2D eigenvalue weighted by Crippen LogP contribution is 2.24. The molecule has 7 nitrogen and oxygen atoms in total. The highest BCUT2D eigenvalue weighted by atomic mass is 35.5. The maximum absolute atomic E-state index is 13.9. The summed E-state index contributed by atoms with van der Waals surface area (Å²) in [5.74, 6) is 0.313. The molecule has 1 aliphatic heterocycles. The van der Waals surface area contributed by atoms with Crippen molar-refractivity contribution >= 4 is 23.2 Å². The van der Waals surface area contributed by atoms with Crippen LogP contribution in [0, 0.1) is 17.1 Å². The largest absolute Gasteiger partial charge is 0.367 e. The molecule has 0 spiro atoms. The molecule has 1 fully saturated rings. The van der Waals surface area contributed by atoms with Gasteiger partial charge in [-0.1, -0.05) is 22.8 Å². The van der Waals surface area contributed by atoms with E-state index in [1.165, 1.54) is 6.07 Å². The number of aryl methyl sites for hydroxylation is 1. The van der Waals surface area contributed by atoms with Gasteiger partial charge in [0, 0.05) is 49.6 Å². The zero-order valence-corrected chi connectivity index (χ0v) is 17.3. The number of amides is 1. The number of piperazine rings is 1. The molecule has 0 bridgehead atoms. The second kappa shape index (κ2) is 9.14. The maximum atomic E-state index is 13.9. The van der Waals surface area contributed by atoms with E-state index in [-0.39, 0.29) is 17.9 Å². The number of nitrogens with zero attached hydrogens (tertiary/aromatic N) is 5. The maximum Gasteiger partial charge on any atom is 0.227 e. The predicted octanol–water partition coefficient (Wildman–Crippen LogP) is 3.68. The second-order valence-electron chi connectivity index (χ2n) is 7.13. The summed E-state index contributed by atoms with van der Waals surface area (Å²) in [6.07, 6.45) is 0.605. The third-order valence-corrected chi connectivity index (χ3v) is 5.45. The lowest BCUT2D eigenvalue weighted by molar-refractivity contribution is -0.131. The molecule has 31 heavy (non-hydrogen) atoms. The molecule has 0 radical (unpaired) electrons. The van der Waals surface area contributed by atoms with Crippen LogP contribution in [-0.2, 0) is 11.2 Å². The number of benzene rings is 2. The number of hydrogen-bond donors (Lipinski definition) is 0. The minimum absolute atomic E-state index is 0.00866. The van der Waals surface area contributed by atoms with Gasteiger partial charge in [0.1, 0.15) is 17.4 Å². The number of halogens is 2. The van der Waals surface area contributed by atoms with E-state index in [9.17, 15) is 14.4 Å². The van der Waals surface area contributed by atoms with E-state index in [0.29, 0.717) is 55.0 Å². The van der Waals surface area contributed by atoms with E-state index >= 15 is 0 Å². The van der Waals surface area contributed by atoms with Gasteiger partial charge >= 0.3 is 0 Å². The normalized spacial score (nSPS) is 13.8. The summed E-state index contributed by atoms with van der Waals surface area (Å²) in [5, 5.41) is 13.8. The fourth-order valence-corrected chi connectivity index (χ4v) is 3.65. The van der Waals surface area contributed by atoms with Crippen LogP contribution in [0.15, 0.2) is 47.0 Å². The lowest BCUT2D eigenvalue weighted by atomic mass is 10.1. The van der Waals surface area contributed by atoms with Crippen molar-refractivity contribution in [1.29, 1.82) is 5.26 Å². The highest BCUT2D eigenvalue weighted by molar-refractivity contribution is 6.30. The Bertz CT molecular complexity index is 1120. The van der Waals surface area contributed by atoms with Gasteiger partial charge in [-0.15, -0.1) is 0 Å². The molecule has 2 heterocycles. The van der Waals surface area contributed by atoms with Crippen molar-refractivity contribution in [3.63, 3.8) is 0 Å². The van der Waals surface area contributed by atoms with Gasteiger partial charge in [-0.25, -0.2) is 4.39 Å². The summed E-state index contributed by atoms with van der Waals surface area (Å²) >= 11 is 5.89. The number of nitriles is 1. The molecule has 1 saturated heterocycles. The van der Waals surface area contributed by atoms with Crippen molar-refractivity contribution in [2.24, 2.45) is 0 Å². The van der Waals surface area contributed by atoms with Crippen LogP contribution in [0.5, 0.6) is 0 Å². The first-order valence-electron chi connectivity index (χ1n) is 9.85. The van der Waals surface area contributed by atoms with Crippen molar-refractivity contribution in [2.45, 2.75) is 12.8 Å². The average Bonchev–Trinajstić information content (AvgIpc) is 3.27. The van der Waals surface area contributed by atoms with Crippen LogP contribution >= 0.6 is 11.6 Å². The summed E-state index contributed by atoms with van der Waals surface area (Å²) in [7, 11) is 0. The standard InChI is InChI=1S/C22H19ClFN5O2/c23-16-6-4-15(5-7-16)22-26-20(31-27-22)8-9-21(30)29-12-10-28(11-13-29)19-3-1-2-18(24)17(19)14-25/h1-7H,8-13H2. The summed E-state index contributed by atoms with van der Waals surface area (Å²) in [6.45, 7) is 2.07. The average molecular weight is 440 g/mol. The fourth-order valence-electron chi connectivity index (χ4n) is 3.53. The molecule has 0 aliphatic carbocycles. The van der Waals surface area contributed by atoms with Gasteiger partial charge in [0.05, 0.1) is 5.69 Å². The van der Waals surface area contributed by atoms with Gasteiger partial charge in [0.2, 0.25) is 17.6 Å². The Morgan fingerprint density at radius 2 is 1.90 bits per heavy atom. The molecule has 0 atom stereocenters. The van der Waals surface area contributed by atoms with Gasteiger partial charge in [0.25, 0.3) is 0 Å². The minimum atomic E-state index is -0.531. The second-order valence-corrected chi connectivity index (χ2v) is 7.57. The Hall–Kier alpha value is -3.44. The van der Waals surface area contributed by atoms with Crippen LogP contribution in [0.4, 0.5) is 10.1 Å². The zero-order chi connectivity index (χ0) is 21.8. The van der Waals surface area contributed by atoms with Crippen LogP contribution in [0.25, 0.3) is 11.4 Å². The molecule has 158 valence electrons. The van der Waals surface area contributed by atoms with Gasteiger partial charge in [-0.2, -0.15) is 10.2 Å². The Kier molecular flexibility index (Phi) is 6.14. The summed E-state index contributed by atoms with van der Waals surface area (Å²) in [5.41, 5.74) is 1.39. The van der Waals surface area contributed by atoms with Crippen molar-refractivity contribution in [3.8, 4) is 17.5 Å². The van der Waals surface area contributed by atoms with Crippen LogP contribution in [-0.4, -0.2) is 47.1 Å². The zero-order valence-electron chi connectivity index (χ0n) is 16.6. The van der Waals surface area contributed by atoms with Gasteiger partial charge in [-0.05, 0) is 36.4 Å². The molecule has 0 N–H and O–H groups in total. The fraction of sp³-hybridized carbons (Fsp3) is 0.273. The van der Waals surface area contributed by atoms with Gasteiger partial charge in [0.15, 0.2) is 0 Å². The van der Waals surface area contributed by atoms with Gasteiger partial charge in [-0.3, -0.25) is 4.79 Å². The molecule has 1 aliphatic rings. The smallest absolute Gasteiger partial charge is 0.227 e. The van der Waals surface area contributed by atoms with E-state index < -0.39 is 5.82 Å². The first-order valence-corrected chi connectivity index (χ1v) is 10.2. The molecule has 3 aromatic rings. The SMILES string of the molecule is N#Cc1c(F)cccc1N1CCN(C(=O)CCc2nc(-c3ccc(Cl)cc3)no2)CC1. The van der Waals surface area contributed by atoms with E-state index in [1.807, 2.05) is 11.0 Å². The number of anilines is 1. The van der Waals surface area contributed by atoms with E-state index in [1.54, 1.807) is 41.3 Å². The van der Waals surface area contributed by atoms with E-state index in [4.69, 9.17) is 16.1 Å². The molecule has 2 aromatic carbocycles. The molecule has 9 heteroatoms. The van der Waals surface area contributed by atoms with Crippen LogP contribution < -0.4 is 4.90 Å². The molecule has 4 rings (SSSR count). The molecule has 0 unspecified atom stereocenters. The van der Waals surface area contributed by atoms with Crippen molar-refractivity contribution < 1.29 is 13.7 Å². The van der Waals surface area contributed by atoms with Crippen LogP contribution in [0.2, 0.25) is 5.02 Å². The lowest BCUT2D eigenvalue weighted by Gasteiger charge is -2.36. The van der Waals surface area contributed by atoms with Crippen molar-refractivity contribution in [3.05, 3.63) is 64.8 Å². The number of rotatable bonds is 5. The Morgan fingerprint density at radius 3 is 2.61 bits per heavy atom. The molecule has 0 saturated carbocycles. The number of aromatic nitrogens is 2. The summed E-state index contributed by atoms with van der Waals surface area (Å²) in [4.78, 5) is 20.6. The monoisotopic (exact) mass is 439 g/mol. The third kappa shape index (κ3) is 4.67. The highest BCUT2D eigenvalue weighted by Gasteiger charge is 2.24. The first kappa shape index (κ1) is 20.8. The third-order valence-electron chi connectivity index (χ3n) is 5.20. The summed E-state index contributed by atoms with van der Waals surface area (Å²) in [6, 6.07) is 13.6. The quantitative estimate of drug-likeness (QED) is 0.602. The first-order chi connectivity index (χ1) is 15.0. The summed E-state index contributed by atoms with van der Waals surface area (Å²) < 4.78 is 19.1. The molecule has 1 amide bonds. The predicted molar refractivity (Wildman–Crippen MR) is 113 cm³/mol. The van der Waals surface area contributed by atoms with Gasteiger partial charge < -0.3 is 14.3 Å². The number of carbonyl (C=O) groups is 1. The molecular formula is C22H19ClFN5O2. The topological polar surface area (TPSA) is 86.3 Å². The van der Waals surface area contributed by atoms with E-state index in [2.05, 4.69) is 10.1 Å².